The van der Waals surface area contributed by atoms with Gasteiger partial charge in [-0.3, -0.25) is 0 Å². The van der Waals surface area contributed by atoms with Crippen LogP contribution < -0.4 is 0 Å². The second kappa shape index (κ2) is 6.18. The second-order valence-electron chi connectivity index (χ2n) is 5.00. The molecule has 88 valence electrons. The second-order valence-corrected chi connectivity index (χ2v) is 6.29. The van der Waals surface area contributed by atoms with Gasteiger partial charge in [-0.1, -0.05) is 19.3 Å². The molecule has 0 heterocycles. The van der Waals surface area contributed by atoms with Gasteiger partial charge in [0.15, 0.2) is 0 Å². The van der Waals surface area contributed by atoms with Crippen molar-refractivity contribution in [2.75, 3.05) is 0 Å². The summed E-state index contributed by atoms with van der Waals surface area (Å²) in [6, 6.07) is 0. The maximum Gasteiger partial charge on any atom is 0.0616 e. The molecule has 15 heavy (non-hydrogen) atoms. The zero-order valence-corrected chi connectivity index (χ0v) is 10.5. The number of hydrogen-bond donors (Lipinski definition) is 1. The summed E-state index contributed by atoms with van der Waals surface area (Å²) in [5.74, 6) is 0. The van der Waals surface area contributed by atoms with Crippen molar-refractivity contribution in [3.63, 3.8) is 0 Å². The molecule has 2 aliphatic rings. The van der Waals surface area contributed by atoms with Crippen molar-refractivity contribution in [1.29, 1.82) is 0 Å². The smallest absolute Gasteiger partial charge is 0.0616 e. The Kier molecular flexibility index (Phi) is 4.87. The van der Waals surface area contributed by atoms with E-state index in [9.17, 15) is 5.11 Å². The first-order valence-electron chi connectivity index (χ1n) is 6.44. The van der Waals surface area contributed by atoms with Gasteiger partial charge in [-0.25, -0.2) is 0 Å². The monoisotopic (exact) mass is 230 g/mol. The molecule has 2 saturated carbocycles. The molecule has 0 aliphatic heterocycles. The van der Waals surface area contributed by atoms with Crippen molar-refractivity contribution in [2.24, 2.45) is 0 Å². The lowest BCUT2D eigenvalue weighted by atomic mass is 9.95. The minimum Gasteiger partial charge on any atom is -0.393 e. The lowest BCUT2D eigenvalue weighted by Gasteiger charge is -2.28. The first-order chi connectivity index (χ1) is 7.34. The zero-order valence-electron chi connectivity index (χ0n) is 9.45. The lowest BCUT2D eigenvalue weighted by Crippen LogP contribution is -2.23. The first kappa shape index (κ1) is 11.8. The average Bonchev–Trinajstić information content (AvgIpc) is 2.30. The van der Waals surface area contributed by atoms with Gasteiger partial charge in [0, 0.05) is 14.5 Å². The Morgan fingerprint density at radius 1 is 0.867 bits per heavy atom. The summed E-state index contributed by atoms with van der Waals surface area (Å²) in [4.78, 5) is 0. The molecule has 2 aliphatic carbocycles. The molecular weight excluding hydrogens is 207 g/mol. The van der Waals surface area contributed by atoms with E-state index >= 15 is 0 Å². The number of rotatable bonds is 3. The molecule has 0 amide bonds. The fraction of sp³-hybridized carbons (Fsp3) is 1.00. The van der Waals surface area contributed by atoms with Gasteiger partial charge in [-0.2, -0.15) is 0 Å². The predicted molar refractivity (Wildman–Crippen MR) is 64.5 cm³/mol. The number of hydrogen-bond acceptors (Lipinski definition) is 2. The topological polar surface area (TPSA) is 29.5 Å². The average molecular weight is 230 g/mol. The summed E-state index contributed by atoms with van der Waals surface area (Å²) in [5.41, 5.74) is 0.852. The van der Waals surface area contributed by atoms with Gasteiger partial charge in [0.05, 0.1) is 12.2 Å². The molecule has 0 radical (unpaired) electrons. The number of aliphatic hydroxyl groups is 1. The molecule has 2 fully saturated rings. The van der Waals surface area contributed by atoms with Gasteiger partial charge in [0.2, 0.25) is 0 Å². The molecule has 0 aromatic heterocycles. The molecule has 0 aromatic rings. The van der Waals surface area contributed by atoms with Gasteiger partial charge in [-0.15, -0.1) is 0 Å². The lowest BCUT2D eigenvalue weighted by molar-refractivity contribution is 0.0734. The highest BCUT2D eigenvalue weighted by Crippen LogP contribution is 2.36. The quantitative estimate of drug-likeness (QED) is 0.754. The van der Waals surface area contributed by atoms with Crippen LogP contribution in [0.15, 0.2) is 0 Å². The minimum absolute atomic E-state index is 0.0529. The van der Waals surface area contributed by atoms with E-state index in [0.717, 1.165) is 40.1 Å². The van der Waals surface area contributed by atoms with Crippen LogP contribution in [0.25, 0.3) is 0 Å². The van der Waals surface area contributed by atoms with Crippen molar-refractivity contribution in [2.45, 2.75) is 75.7 Å². The van der Waals surface area contributed by atoms with Gasteiger partial charge in [0.1, 0.15) is 0 Å². The molecule has 1 N–H and O–H groups in total. The van der Waals surface area contributed by atoms with Crippen molar-refractivity contribution in [3.8, 4) is 0 Å². The Hall–Kier alpha value is 0.350. The van der Waals surface area contributed by atoms with Crippen LogP contribution in [0.1, 0.15) is 57.8 Å². The van der Waals surface area contributed by atoms with Crippen LogP contribution in [0, 0.1) is 0 Å². The fourth-order valence-electron chi connectivity index (χ4n) is 2.58. The van der Waals surface area contributed by atoms with Crippen molar-refractivity contribution in [1.82, 2.24) is 0 Å². The van der Waals surface area contributed by atoms with E-state index in [1.54, 1.807) is 0 Å². The van der Waals surface area contributed by atoms with Crippen molar-refractivity contribution < 1.29 is 9.63 Å². The molecule has 0 saturated heterocycles. The number of aliphatic hydroxyl groups excluding tert-OH is 1. The Balaban J connectivity index is 1.60. The standard InChI is InChI=1S/C12H23O2P/c13-10-6-8-11(9-7-10)14-15-12-4-2-1-3-5-12/h10-13,15H,1-9H2. The van der Waals surface area contributed by atoms with E-state index in [2.05, 4.69) is 0 Å². The van der Waals surface area contributed by atoms with Crippen LogP contribution in [0.5, 0.6) is 0 Å². The van der Waals surface area contributed by atoms with E-state index in [4.69, 9.17) is 4.52 Å². The first-order valence-corrected chi connectivity index (χ1v) is 7.42. The molecule has 2 nitrogen and oxygen atoms in total. The normalized spacial score (nSPS) is 35.0. The van der Waals surface area contributed by atoms with Gasteiger partial charge >= 0.3 is 0 Å². The Morgan fingerprint density at radius 3 is 2.20 bits per heavy atom. The molecule has 1 atom stereocenters. The summed E-state index contributed by atoms with van der Waals surface area (Å²) in [6.45, 7) is 0. The van der Waals surface area contributed by atoms with Crippen molar-refractivity contribution >= 4 is 8.81 Å². The van der Waals surface area contributed by atoms with E-state index in [0.29, 0.717) is 6.10 Å². The van der Waals surface area contributed by atoms with Crippen LogP contribution in [0.2, 0.25) is 0 Å². The predicted octanol–water partition coefficient (Wildman–Crippen LogP) is 3.23. The molecule has 0 spiro atoms. The van der Waals surface area contributed by atoms with Gasteiger partial charge < -0.3 is 9.63 Å². The minimum atomic E-state index is -0.0529. The molecule has 3 heteroatoms. The maximum absolute atomic E-state index is 9.39. The summed E-state index contributed by atoms with van der Waals surface area (Å²) in [7, 11) is 0.723. The summed E-state index contributed by atoms with van der Waals surface area (Å²) < 4.78 is 5.99. The largest absolute Gasteiger partial charge is 0.393 e. The molecule has 1 unspecified atom stereocenters. The van der Waals surface area contributed by atoms with E-state index in [1.807, 2.05) is 0 Å². The third-order valence-electron chi connectivity index (χ3n) is 3.65. The highest BCUT2D eigenvalue weighted by molar-refractivity contribution is 7.33. The zero-order chi connectivity index (χ0) is 10.5. The highest BCUT2D eigenvalue weighted by atomic mass is 31.1. The van der Waals surface area contributed by atoms with E-state index < -0.39 is 0 Å². The Bertz CT molecular complexity index is 172. The highest BCUT2D eigenvalue weighted by Gasteiger charge is 2.21. The SMILES string of the molecule is OC1CCC(OPC2CCCCC2)CC1. The van der Waals surface area contributed by atoms with Gasteiger partial charge in [-0.05, 0) is 38.5 Å². The van der Waals surface area contributed by atoms with E-state index in [1.165, 1.54) is 32.1 Å². The van der Waals surface area contributed by atoms with Crippen LogP contribution in [0.3, 0.4) is 0 Å². The summed E-state index contributed by atoms with van der Waals surface area (Å²) in [6.07, 6.45) is 11.4. The van der Waals surface area contributed by atoms with Crippen molar-refractivity contribution in [3.05, 3.63) is 0 Å². The summed E-state index contributed by atoms with van der Waals surface area (Å²) in [5, 5.41) is 9.39. The summed E-state index contributed by atoms with van der Waals surface area (Å²) >= 11 is 0. The van der Waals surface area contributed by atoms with Gasteiger partial charge in [0.25, 0.3) is 0 Å². The molecule has 0 bridgehead atoms. The molecular formula is C12H23O2P. The van der Waals surface area contributed by atoms with Crippen LogP contribution >= 0.6 is 8.81 Å². The Labute approximate surface area is 94.7 Å². The van der Waals surface area contributed by atoms with Crippen LogP contribution in [0.4, 0.5) is 0 Å². The Morgan fingerprint density at radius 2 is 1.53 bits per heavy atom. The maximum atomic E-state index is 9.39. The van der Waals surface area contributed by atoms with Crippen LogP contribution in [-0.2, 0) is 4.52 Å². The third-order valence-corrected chi connectivity index (χ3v) is 5.03. The fourth-order valence-corrected chi connectivity index (χ4v) is 3.84. The molecule has 0 aromatic carbocycles. The molecule has 2 rings (SSSR count). The van der Waals surface area contributed by atoms with E-state index in [-0.39, 0.29) is 6.10 Å². The third kappa shape index (κ3) is 4.01. The van der Waals surface area contributed by atoms with Crippen LogP contribution in [-0.4, -0.2) is 23.0 Å².